The van der Waals surface area contributed by atoms with Gasteiger partial charge < -0.3 is 10.0 Å². The number of carbonyl (C=O) groups is 1. The van der Waals surface area contributed by atoms with E-state index in [0.717, 1.165) is 16.9 Å². The van der Waals surface area contributed by atoms with Crippen LogP contribution < -0.4 is 9.47 Å². The van der Waals surface area contributed by atoms with Gasteiger partial charge in [-0.15, -0.1) is 0 Å². The summed E-state index contributed by atoms with van der Waals surface area (Å²) in [6.07, 6.45) is 9.05. The minimum Gasteiger partial charge on any atom is -0.478 e. The number of carboxylic acid groups (broad SMARTS) is 1. The Balaban J connectivity index is 1.51. The topological polar surface area (TPSA) is 60.2 Å². The predicted octanol–water partition coefficient (Wildman–Crippen LogP) is 3.56. The van der Waals surface area contributed by atoms with Gasteiger partial charge in [0.25, 0.3) is 5.82 Å². The molecule has 0 unspecified atom stereocenters. The fourth-order valence-electron chi connectivity index (χ4n) is 4.67. The summed E-state index contributed by atoms with van der Waals surface area (Å²) in [5, 5.41) is 9.20. The molecule has 5 rings (SSSR count). The van der Waals surface area contributed by atoms with Gasteiger partial charge >= 0.3 is 5.97 Å². The number of aromatic nitrogens is 2. The highest BCUT2D eigenvalue weighted by Gasteiger charge is 2.24. The lowest BCUT2D eigenvalue weighted by Gasteiger charge is -2.37. The maximum atomic E-state index is 11.2. The molecule has 5 heteroatoms. The van der Waals surface area contributed by atoms with Gasteiger partial charge in [-0.25, -0.2) is 14.3 Å². The second kappa shape index (κ2) is 6.51. The van der Waals surface area contributed by atoms with Crippen molar-refractivity contribution in [1.82, 2.24) is 4.98 Å². The zero-order valence-corrected chi connectivity index (χ0v) is 16.0. The van der Waals surface area contributed by atoms with Crippen LogP contribution in [0.2, 0.25) is 0 Å². The summed E-state index contributed by atoms with van der Waals surface area (Å²) >= 11 is 0. The third kappa shape index (κ3) is 2.78. The molecule has 2 N–H and O–H groups in total. The van der Waals surface area contributed by atoms with Gasteiger partial charge in [-0.3, -0.25) is 0 Å². The zero-order chi connectivity index (χ0) is 19.3. The molecule has 2 aliphatic heterocycles. The highest BCUT2D eigenvalue weighted by molar-refractivity contribution is 5.91. The van der Waals surface area contributed by atoms with Gasteiger partial charge in [-0.05, 0) is 72.7 Å². The number of nitrogens with zero attached hydrogens (tertiary/aromatic N) is 2. The second-order valence-corrected chi connectivity index (χ2v) is 7.82. The molecule has 2 aliphatic rings. The number of carboxylic acids is 1. The van der Waals surface area contributed by atoms with Crippen LogP contribution in [0, 0.1) is 0 Å². The van der Waals surface area contributed by atoms with Crippen LogP contribution in [0.5, 0.6) is 0 Å². The minimum absolute atomic E-state index is 0.295. The molecule has 3 heterocycles. The number of H-pyrrole nitrogens is 1. The number of rotatable bonds is 3. The van der Waals surface area contributed by atoms with Crippen molar-refractivity contribution in [3.8, 4) is 0 Å². The van der Waals surface area contributed by atoms with Crippen molar-refractivity contribution >= 4 is 34.8 Å². The Morgan fingerprint density at radius 3 is 2.50 bits per heavy atom. The SMILES string of the molecule is C[n+]1c(/C=C/c2cc3c4c(c2)CCCN4CCC3)[nH]c2cc(C(=O)O)ccc21. The molecular formula is C23H24N3O2+. The Kier molecular flexibility index (Phi) is 3.97. The van der Waals surface area contributed by atoms with Crippen LogP contribution in [0.1, 0.15) is 45.7 Å². The molecule has 5 nitrogen and oxygen atoms in total. The molecule has 0 radical (unpaired) electrons. The Labute approximate surface area is 163 Å². The van der Waals surface area contributed by atoms with E-state index in [-0.39, 0.29) is 0 Å². The number of fused-ring (bicyclic) bond motifs is 1. The summed E-state index contributed by atoms with van der Waals surface area (Å²) in [7, 11) is 1.99. The molecule has 28 heavy (non-hydrogen) atoms. The molecule has 0 atom stereocenters. The number of aromatic amines is 1. The van der Waals surface area contributed by atoms with Crippen LogP contribution in [-0.4, -0.2) is 29.1 Å². The van der Waals surface area contributed by atoms with Crippen LogP contribution in [0.25, 0.3) is 23.2 Å². The predicted molar refractivity (Wildman–Crippen MR) is 111 cm³/mol. The third-order valence-corrected chi connectivity index (χ3v) is 6.02. The number of benzene rings is 2. The normalized spacial score (nSPS) is 16.0. The van der Waals surface area contributed by atoms with Gasteiger partial charge in [-0.1, -0.05) is 0 Å². The van der Waals surface area contributed by atoms with Crippen molar-refractivity contribution < 1.29 is 14.5 Å². The van der Waals surface area contributed by atoms with Crippen molar-refractivity contribution in [2.75, 3.05) is 18.0 Å². The summed E-state index contributed by atoms with van der Waals surface area (Å²) in [6.45, 7) is 2.39. The molecule has 0 aliphatic carbocycles. The zero-order valence-electron chi connectivity index (χ0n) is 16.0. The third-order valence-electron chi connectivity index (χ3n) is 6.02. The Hall–Kier alpha value is -3.08. The van der Waals surface area contributed by atoms with Gasteiger partial charge in [0.15, 0.2) is 11.0 Å². The number of aromatic carboxylic acids is 1. The first-order valence-corrected chi connectivity index (χ1v) is 9.94. The summed E-state index contributed by atoms with van der Waals surface area (Å²) in [5.41, 5.74) is 7.81. The van der Waals surface area contributed by atoms with Crippen LogP contribution in [0.4, 0.5) is 5.69 Å². The first-order chi connectivity index (χ1) is 13.6. The summed E-state index contributed by atoms with van der Waals surface area (Å²) < 4.78 is 2.06. The van der Waals surface area contributed by atoms with Crippen molar-refractivity contribution in [3.63, 3.8) is 0 Å². The highest BCUT2D eigenvalue weighted by atomic mass is 16.4. The molecule has 3 aromatic rings. The van der Waals surface area contributed by atoms with Crippen molar-refractivity contribution in [3.05, 3.63) is 58.4 Å². The van der Waals surface area contributed by atoms with E-state index in [9.17, 15) is 9.90 Å². The maximum Gasteiger partial charge on any atom is 0.335 e. The van der Waals surface area contributed by atoms with Gasteiger partial charge in [0, 0.05) is 30.9 Å². The van der Waals surface area contributed by atoms with E-state index in [4.69, 9.17) is 0 Å². The van der Waals surface area contributed by atoms with E-state index in [2.05, 4.69) is 38.7 Å². The molecule has 1 aromatic heterocycles. The van der Waals surface area contributed by atoms with E-state index in [1.54, 1.807) is 12.1 Å². The van der Waals surface area contributed by atoms with Gasteiger partial charge in [0.05, 0.1) is 12.6 Å². The van der Waals surface area contributed by atoms with E-state index >= 15 is 0 Å². The van der Waals surface area contributed by atoms with Crippen LogP contribution in [-0.2, 0) is 19.9 Å². The molecule has 2 aromatic carbocycles. The quantitative estimate of drug-likeness (QED) is 0.689. The summed E-state index contributed by atoms with van der Waals surface area (Å²) in [5.74, 6) is 0.0406. The van der Waals surface area contributed by atoms with Crippen molar-refractivity contribution in [1.29, 1.82) is 0 Å². The first kappa shape index (κ1) is 17.0. The fraction of sp³-hybridized carbons (Fsp3) is 0.304. The van der Waals surface area contributed by atoms with Crippen LogP contribution in [0.15, 0.2) is 30.3 Å². The van der Waals surface area contributed by atoms with Crippen molar-refractivity contribution in [2.24, 2.45) is 7.05 Å². The van der Waals surface area contributed by atoms with Crippen LogP contribution >= 0.6 is 0 Å². The Bertz CT molecular complexity index is 1100. The lowest BCUT2D eigenvalue weighted by atomic mass is 9.90. The smallest absolute Gasteiger partial charge is 0.335 e. The highest BCUT2D eigenvalue weighted by Crippen LogP contribution is 2.36. The molecule has 142 valence electrons. The lowest BCUT2D eigenvalue weighted by molar-refractivity contribution is -0.646. The number of hydrogen-bond acceptors (Lipinski definition) is 2. The second-order valence-electron chi connectivity index (χ2n) is 7.82. The van der Waals surface area contributed by atoms with E-state index < -0.39 is 5.97 Å². The first-order valence-electron chi connectivity index (χ1n) is 9.94. The Morgan fingerprint density at radius 2 is 1.82 bits per heavy atom. The van der Waals surface area contributed by atoms with Crippen molar-refractivity contribution in [2.45, 2.75) is 25.7 Å². The molecule has 0 amide bonds. The number of hydrogen-bond donors (Lipinski definition) is 2. The molecule has 0 saturated carbocycles. The lowest BCUT2D eigenvalue weighted by Crippen LogP contribution is -2.34. The van der Waals surface area contributed by atoms with Crippen LogP contribution in [0.3, 0.4) is 0 Å². The molecular weight excluding hydrogens is 350 g/mol. The number of aryl methyl sites for hydroxylation is 3. The standard InChI is InChI=1S/C23H23N3O2/c1-25-20-8-7-18(23(27)28)14-19(20)24-21(25)9-6-15-12-16-4-2-10-26-11-3-5-17(13-15)22(16)26/h6-9,12-14H,2-5,10-11H2,1H3,(H,27,28)/p+1/b9-6+. The average molecular weight is 374 g/mol. The van der Waals surface area contributed by atoms with Gasteiger partial charge in [0.1, 0.15) is 0 Å². The summed E-state index contributed by atoms with van der Waals surface area (Å²) in [6, 6.07) is 9.85. The number of anilines is 1. The average Bonchev–Trinajstić information content (AvgIpc) is 3.02. The number of nitrogens with one attached hydrogen (secondary N) is 1. The monoisotopic (exact) mass is 374 g/mol. The Morgan fingerprint density at radius 1 is 1.11 bits per heavy atom. The fourth-order valence-corrected chi connectivity index (χ4v) is 4.67. The molecule has 0 bridgehead atoms. The van der Waals surface area contributed by atoms with Gasteiger partial charge in [-0.2, -0.15) is 0 Å². The van der Waals surface area contributed by atoms with E-state index in [0.29, 0.717) is 5.56 Å². The number of imidazole rings is 1. The summed E-state index contributed by atoms with van der Waals surface area (Å²) in [4.78, 5) is 17.1. The van der Waals surface area contributed by atoms with E-state index in [1.165, 1.54) is 61.2 Å². The molecule has 0 fully saturated rings. The molecule has 0 spiro atoms. The largest absolute Gasteiger partial charge is 0.478 e. The maximum absolute atomic E-state index is 11.2. The van der Waals surface area contributed by atoms with Gasteiger partial charge in [0.2, 0.25) is 0 Å². The minimum atomic E-state index is -0.909. The molecule has 0 saturated heterocycles. The van der Waals surface area contributed by atoms with E-state index in [1.807, 2.05) is 13.1 Å².